The van der Waals surface area contributed by atoms with Gasteiger partial charge in [0, 0.05) is 5.75 Å². The van der Waals surface area contributed by atoms with Gasteiger partial charge in [0.15, 0.2) is 6.04 Å². The number of nitrogens with two attached hydrogens (primary N) is 1. The van der Waals surface area contributed by atoms with Crippen LogP contribution in [0.15, 0.2) is 121 Å². The van der Waals surface area contributed by atoms with Crippen LogP contribution in [0, 0.1) is 0 Å². The molecule has 0 heterocycles. The predicted molar refractivity (Wildman–Crippen MR) is 145 cm³/mol. The molecule has 0 saturated heterocycles. The largest absolute Gasteiger partial charge is 0.479 e. The summed E-state index contributed by atoms with van der Waals surface area (Å²) < 4.78 is 0. The molecule has 0 aliphatic rings. The van der Waals surface area contributed by atoms with E-state index in [4.69, 9.17) is 5.73 Å². The summed E-state index contributed by atoms with van der Waals surface area (Å²) in [7, 11) is 0. The van der Waals surface area contributed by atoms with Crippen molar-refractivity contribution in [1.82, 2.24) is 4.90 Å². The van der Waals surface area contributed by atoms with Crippen LogP contribution in [0.4, 0.5) is 0 Å². The Morgan fingerprint density at radius 2 is 1.08 bits per heavy atom. The molecule has 182 valence electrons. The van der Waals surface area contributed by atoms with Gasteiger partial charge in [0.1, 0.15) is 5.54 Å². The van der Waals surface area contributed by atoms with Gasteiger partial charge >= 0.3 is 5.97 Å². The molecular formula is C30H28N2O3S. The van der Waals surface area contributed by atoms with E-state index in [1.54, 1.807) is 24.3 Å². The highest BCUT2D eigenvalue weighted by atomic mass is 32.1. The van der Waals surface area contributed by atoms with Crippen molar-refractivity contribution in [3.05, 3.63) is 144 Å². The molecule has 1 amide bonds. The zero-order valence-corrected chi connectivity index (χ0v) is 20.5. The van der Waals surface area contributed by atoms with Gasteiger partial charge in [0.25, 0.3) is 0 Å². The van der Waals surface area contributed by atoms with Crippen LogP contribution < -0.4 is 5.73 Å². The predicted octanol–water partition coefficient (Wildman–Crippen LogP) is 4.89. The summed E-state index contributed by atoms with van der Waals surface area (Å²) in [4.78, 5) is 28.7. The zero-order valence-electron chi connectivity index (χ0n) is 19.6. The highest BCUT2D eigenvalue weighted by Crippen LogP contribution is 2.46. The fourth-order valence-electron chi connectivity index (χ4n) is 4.74. The quantitative estimate of drug-likeness (QED) is 0.228. The zero-order chi connectivity index (χ0) is 25.5. The summed E-state index contributed by atoms with van der Waals surface area (Å²) >= 11 is 4.29. The number of rotatable bonds is 9. The van der Waals surface area contributed by atoms with E-state index in [1.165, 1.54) is 4.90 Å². The fraction of sp³-hybridized carbons (Fsp3) is 0.133. The minimum atomic E-state index is -1.33. The van der Waals surface area contributed by atoms with E-state index in [0.29, 0.717) is 5.56 Å². The van der Waals surface area contributed by atoms with Crippen LogP contribution in [0.3, 0.4) is 0 Å². The third-order valence-corrected chi connectivity index (χ3v) is 6.69. The average Bonchev–Trinajstić information content (AvgIpc) is 2.94. The molecule has 4 rings (SSSR count). The lowest BCUT2D eigenvalue weighted by atomic mass is 9.74. The SMILES string of the molecule is N[C@@H](CS)C(=O)N([C@@H](C(=O)O)c1ccccc1)C(c1ccccc1)(c1ccccc1)c1ccccc1. The van der Waals surface area contributed by atoms with Crippen molar-refractivity contribution in [3.63, 3.8) is 0 Å². The topological polar surface area (TPSA) is 83.6 Å². The molecule has 0 aromatic heterocycles. The van der Waals surface area contributed by atoms with Crippen LogP contribution in [0.5, 0.6) is 0 Å². The summed E-state index contributed by atoms with van der Waals surface area (Å²) in [6.07, 6.45) is 0. The van der Waals surface area contributed by atoms with Crippen LogP contribution in [0.2, 0.25) is 0 Å². The van der Waals surface area contributed by atoms with E-state index in [-0.39, 0.29) is 5.75 Å². The molecule has 4 aromatic carbocycles. The molecule has 3 N–H and O–H groups in total. The molecule has 0 saturated carbocycles. The minimum absolute atomic E-state index is 0.0604. The Bertz CT molecular complexity index is 1190. The molecule has 0 fully saturated rings. The lowest BCUT2D eigenvalue weighted by molar-refractivity contribution is -0.155. The number of amides is 1. The number of thiol groups is 1. The second-order valence-electron chi connectivity index (χ2n) is 8.46. The van der Waals surface area contributed by atoms with Gasteiger partial charge < -0.3 is 15.7 Å². The Morgan fingerprint density at radius 1 is 0.722 bits per heavy atom. The van der Waals surface area contributed by atoms with Gasteiger partial charge in [-0.05, 0) is 22.3 Å². The molecule has 6 heteroatoms. The molecule has 5 nitrogen and oxygen atoms in total. The van der Waals surface area contributed by atoms with Crippen LogP contribution >= 0.6 is 12.6 Å². The number of carboxylic acids is 1. The first-order valence-electron chi connectivity index (χ1n) is 11.7. The molecular weight excluding hydrogens is 468 g/mol. The van der Waals surface area contributed by atoms with Crippen molar-refractivity contribution in [2.24, 2.45) is 5.73 Å². The first-order chi connectivity index (χ1) is 17.5. The molecule has 4 aromatic rings. The Labute approximate surface area is 216 Å². The molecule has 0 radical (unpaired) electrons. The van der Waals surface area contributed by atoms with Gasteiger partial charge in [-0.25, -0.2) is 4.79 Å². The smallest absolute Gasteiger partial charge is 0.331 e. The average molecular weight is 497 g/mol. The van der Waals surface area contributed by atoms with E-state index in [2.05, 4.69) is 12.6 Å². The van der Waals surface area contributed by atoms with Gasteiger partial charge in [0.2, 0.25) is 5.91 Å². The number of hydrogen-bond acceptors (Lipinski definition) is 4. The molecule has 0 aliphatic heterocycles. The van der Waals surface area contributed by atoms with Crippen molar-refractivity contribution in [1.29, 1.82) is 0 Å². The maximum absolute atomic E-state index is 14.2. The number of carboxylic acid groups (broad SMARTS) is 1. The van der Waals surface area contributed by atoms with Gasteiger partial charge in [-0.1, -0.05) is 121 Å². The summed E-state index contributed by atoms with van der Waals surface area (Å²) in [6, 6.07) is 34.9. The van der Waals surface area contributed by atoms with Crippen molar-refractivity contribution in [2.45, 2.75) is 17.6 Å². The maximum Gasteiger partial charge on any atom is 0.331 e. The van der Waals surface area contributed by atoms with Crippen molar-refractivity contribution < 1.29 is 14.7 Å². The molecule has 0 bridgehead atoms. The third kappa shape index (κ3) is 4.65. The monoisotopic (exact) mass is 496 g/mol. The Balaban J connectivity index is 2.18. The van der Waals surface area contributed by atoms with E-state index < -0.39 is 29.5 Å². The Morgan fingerprint density at radius 3 is 1.42 bits per heavy atom. The van der Waals surface area contributed by atoms with Crippen LogP contribution in [-0.2, 0) is 15.1 Å². The van der Waals surface area contributed by atoms with Crippen molar-refractivity contribution in [3.8, 4) is 0 Å². The number of benzene rings is 4. The molecule has 0 aliphatic carbocycles. The van der Waals surface area contributed by atoms with Gasteiger partial charge in [0.05, 0.1) is 6.04 Å². The normalized spacial score (nSPS) is 12.9. The summed E-state index contributed by atoms with van der Waals surface area (Å²) in [5.74, 6) is -1.61. The van der Waals surface area contributed by atoms with Crippen LogP contribution in [-0.4, -0.2) is 33.7 Å². The Hall–Kier alpha value is -3.87. The summed E-state index contributed by atoms with van der Waals surface area (Å²) in [5.41, 5.74) is 7.69. The van der Waals surface area contributed by atoms with Crippen molar-refractivity contribution >= 4 is 24.5 Å². The van der Waals surface area contributed by atoms with Gasteiger partial charge in [-0.15, -0.1) is 0 Å². The van der Waals surface area contributed by atoms with Crippen LogP contribution in [0.25, 0.3) is 0 Å². The highest BCUT2D eigenvalue weighted by molar-refractivity contribution is 7.80. The maximum atomic E-state index is 14.2. The second kappa shape index (κ2) is 11.2. The lowest BCUT2D eigenvalue weighted by Gasteiger charge is -2.48. The second-order valence-corrected chi connectivity index (χ2v) is 8.82. The van der Waals surface area contributed by atoms with E-state index >= 15 is 0 Å². The fourth-order valence-corrected chi connectivity index (χ4v) is 4.89. The minimum Gasteiger partial charge on any atom is -0.479 e. The van der Waals surface area contributed by atoms with E-state index in [0.717, 1.165) is 16.7 Å². The number of carbonyl (C=O) groups excluding carboxylic acids is 1. The van der Waals surface area contributed by atoms with Gasteiger partial charge in [-0.2, -0.15) is 12.6 Å². The van der Waals surface area contributed by atoms with E-state index in [1.807, 2.05) is 97.1 Å². The first-order valence-corrected chi connectivity index (χ1v) is 12.3. The molecule has 0 spiro atoms. The number of nitrogens with zero attached hydrogens (tertiary/aromatic N) is 1. The highest BCUT2D eigenvalue weighted by Gasteiger charge is 2.51. The molecule has 0 unspecified atom stereocenters. The van der Waals surface area contributed by atoms with Crippen molar-refractivity contribution in [2.75, 3.05) is 5.75 Å². The standard InChI is InChI=1S/C30H28N2O3S/c31-26(21-36)28(33)32(27(29(34)35)22-13-5-1-6-14-22)30(23-15-7-2-8-16-23,24-17-9-3-10-18-24)25-19-11-4-12-20-25/h1-20,26-27,36H,21,31H2,(H,34,35)/t26-,27+/m0/s1. The number of carbonyl (C=O) groups is 2. The summed E-state index contributed by atoms with van der Waals surface area (Å²) in [6.45, 7) is 0. The number of hydrogen-bond donors (Lipinski definition) is 3. The Kier molecular flexibility index (Phi) is 7.88. The first kappa shape index (κ1) is 25.2. The van der Waals surface area contributed by atoms with E-state index in [9.17, 15) is 14.7 Å². The third-order valence-electron chi connectivity index (χ3n) is 6.29. The summed E-state index contributed by atoms with van der Waals surface area (Å²) in [5, 5.41) is 10.7. The number of aliphatic carboxylic acids is 1. The molecule has 2 atom stereocenters. The van der Waals surface area contributed by atoms with Gasteiger partial charge in [-0.3, -0.25) is 4.79 Å². The molecule has 36 heavy (non-hydrogen) atoms. The lowest BCUT2D eigenvalue weighted by Crippen LogP contribution is -2.59. The van der Waals surface area contributed by atoms with Crippen LogP contribution in [0.1, 0.15) is 28.3 Å².